The van der Waals surface area contributed by atoms with Gasteiger partial charge in [-0.3, -0.25) is 4.79 Å². The van der Waals surface area contributed by atoms with Crippen molar-refractivity contribution in [1.82, 2.24) is 0 Å². The van der Waals surface area contributed by atoms with Crippen molar-refractivity contribution in [3.05, 3.63) is 52.0 Å². The van der Waals surface area contributed by atoms with Gasteiger partial charge in [0.15, 0.2) is 6.10 Å². The van der Waals surface area contributed by atoms with Gasteiger partial charge >= 0.3 is 0 Å². The summed E-state index contributed by atoms with van der Waals surface area (Å²) in [6, 6.07) is 10.3. The normalized spacial score (nSPS) is 11.7. The van der Waals surface area contributed by atoms with Gasteiger partial charge in [0.1, 0.15) is 11.5 Å². The Morgan fingerprint density at radius 2 is 1.96 bits per heavy atom. The van der Waals surface area contributed by atoms with Crippen LogP contribution in [0.1, 0.15) is 12.5 Å². The van der Waals surface area contributed by atoms with E-state index in [4.69, 9.17) is 32.7 Å². The fraction of sp³-hybridized carbons (Fsp3) is 0.235. The Labute approximate surface area is 145 Å². The van der Waals surface area contributed by atoms with E-state index in [0.717, 1.165) is 5.56 Å². The minimum Gasteiger partial charge on any atom is -0.495 e. The van der Waals surface area contributed by atoms with Crippen LogP contribution in [-0.2, 0) is 4.79 Å². The van der Waals surface area contributed by atoms with Gasteiger partial charge in [-0.05, 0) is 43.7 Å². The van der Waals surface area contributed by atoms with Gasteiger partial charge in [-0.2, -0.15) is 0 Å². The highest BCUT2D eigenvalue weighted by Gasteiger charge is 2.17. The molecule has 1 amide bonds. The molecule has 0 aromatic heterocycles. The summed E-state index contributed by atoms with van der Waals surface area (Å²) in [6.45, 7) is 3.51. The minimum absolute atomic E-state index is 0.301. The van der Waals surface area contributed by atoms with Crippen LogP contribution in [0.3, 0.4) is 0 Å². The highest BCUT2D eigenvalue weighted by Crippen LogP contribution is 2.31. The van der Waals surface area contributed by atoms with Crippen molar-refractivity contribution in [3.8, 4) is 11.5 Å². The van der Waals surface area contributed by atoms with Gasteiger partial charge < -0.3 is 14.8 Å². The Morgan fingerprint density at radius 1 is 1.22 bits per heavy atom. The number of aryl methyl sites for hydroxylation is 1. The lowest BCUT2D eigenvalue weighted by Gasteiger charge is -2.17. The average Bonchev–Trinajstić information content (AvgIpc) is 2.50. The first-order chi connectivity index (χ1) is 10.9. The molecule has 1 N–H and O–H groups in total. The van der Waals surface area contributed by atoms with Gasteiger partial charge in [0.2, 0.25) is 0 Å². The van der Waals surface area contributed by atoms with Gasteiger partial charge in [0.05, 0.1) is 12.8 Å². The first-order valence-electron chi connectivity index (χ1n) is 6.98. The summed E-state index contributed by atoms with van der Waals surface area (Å²) in [7, 11) is 1.52. The van der Waals surface area contributed by atoms with E-state index in [1.165, 1.54) is 7.11 Å². The number of carbonyl (C=O) groups excluding carboxylic acids is 1. The van der Waals surface area contributed by atoms with E-state index in [1.807, 2.05) is 6.92 Å². The molecule has 1 atom stereocenters. The molecular formula is C17H17Cl2NO3. The zero-order chi connectivity index (χ0) is 17.0. The molecule has 4 nitrogen and oxygen atoms in total. The van der Waals surface area contributed by atoms with Crippen LogP contribution < -0.4 is 14.8 Å². The molecule has 2 aromatic carbocycles. The fourth-order valence-electron chi connectivity index (χ4n) is 1.96. The van der Waals surface area contributed by atoms with Crippen molar-refractivity contribution in [2.75, 3.05) is 12.4 Å². The van der Waals surface area contributed by atoms with Gasteiger partial charge in [0, 0.05) is 16.1 Å². The number of halogens is 2. The maximum atomic E-state index is 12.3. The predicted molar refractivity (Wildman–Crippen MR) is 92.9 cm³/mol. The van der Waals surface area contributed by atoms with Crippen LogP contribution in [0.25, 0.3) is 0 Å². The number of ether oxygens (including phenoxy) is 2. The molecule has 0 spiro atoms. The van der Waals surface area contributed by atoms with Gasteiger partial charge in [-0.1, -0.05) is 29.3 Å². The molecule has 0 saturated carbocycles. The van der Waals surface area contributed by atoms with E-state index < -0.39 is 6.10 Å². The zero-order valence-corrected chi connectivity index (χ0v) is 14.5. The molecular weight excluding hydrogens is 337 g/mol. The summed E-state index contributed by atoms with van der Waals surface area (Å²) >= 11 is 12.0. The number of benzene rings is 2. The summed E-state index contributed by atoms with van der Waals surface area (Å²) in [5.74, 6) is 0.716. The monoisotopic (exact) mass is 353 g/mol. The van der Waals surface area contributed by atoms with Crippen LogP contribution in [0.5, 0.6) is 11.5 Å². The number of rotatable bonds is 5. The Kier molecular flexibility index (Phi) is 5.74. The molecule has 0 unspecified atom stereocenters. The van der Waals surface area contributed by atoms with E-state index in [0.29, 0.717) is 27.2 Å². The molecule has 23 heavy (non-hydrogen) atoms. The molecule has 0 saturated heterocycles. The molecule has 0 bridgehead atoms. The quantitative estimate of drug-likeness (QED) is 0.845. The first-order valence-corrected chi connectivity index (χ1v) is 7.73. The number of carbonyl (C=O) groups is 1. The molecule has 0 aliphatic rings. The number of anilines is 1. The SMILES string of the molecule is COc1cc(Cl)c(C)cc1NC(=O)[C@@H](C)Oc1cccc(Cl)c1. The Morgan fingerprint density at radius 3 is 2.61 bits per heavy atom. The van der Waals surface area contributed by atoms with E-state index >= 15 is 0 Å². The second-order valence-corrected chi connectivity index (χ2v) is 5.85. The standard InChI is InChI=1S/C17H17Cl2NO3/c1-10-7-15(16(22-3)9-14(10)19)20-17(21)11(2)23-13-6-4-5-12(18)8-13/h4-9,11H,1-3H3,(H,20,21)/t11-/m1/s1. The predicted octanol–water partition coefficient (Wildman–Crippen LogP) is 4.72. The third-order valence-corrected chi connectivity index (χ3v) is 3.86. The van der Waals surface area contributed by atoms with Crippen LogP contribution in [0.4, 0.5) is 5.69 Å². The third kappa shape index (κ3) is 4.53. The summed E-state index contributed by atoms with van der Waals surface area (Å²) in [4.78, 5) is 12.3. The lowest BCUT2D eigenvalue weighted by Crippen LogP contribution is -2.30. The summed E-state index contributed by atoms with van der Waals surface area (Å²) < 4.78 is 10.8. The molecule has 2 aromatic rings. The maximum absolute atomic E-state index is 12.3. The smallest absolute Gasteiger partial charge is 0.265 e. The van der Waals surface area contributed by atoms with Crippen molar-refractivity contribution >= 4 is 34.8 Å². The van der Waals surface area contributed by atoms with Crippen molar-refractivity contribution in [2.45, 2.75) is 20.0 Å². The summed E-state index contributed by atoms with van der Waals surface area (Å²) in [5.41, 5.74) is 1.38. The van der Waals surface area contributed by atoms with Gasteiger partial charge in [-0.15, -0.1) is 0 Å². The van der Waals surface area contributed by atoms with Crippen molar-refractivity contribution in [3.63, 3.8) is 0 Å². The van der Waals surface area contributed by atoms with Gasteiger partial charge in [-0.25, -0.2) is 0 Å². The Balaban J connectivity index is 2.11. The molecule has 0 aliphatic heterocycles. The third-order valence-electron chi connectivity index (χ3n) is 3.22. The van der Waals surface area contributed by atoms with E-state index in [9.17, 15) is 4.79 Å². The number of methoxy groups -OCH3 is 1. The van der Waals surface area contributed by atoms with Crippen LogP contribution in [-0.4, -0.2) is 19.1 Å². The average molecular weight is 354 g/mol. The van der Waals surface area contributed by atoms with Crippen LogP contribution in [0, 0.1) is 6.92 Å². The Hall–Kier alpha value is -1.91. The molecule has 0 aliphatic carbocycles. The molecule has 122 valence electrons. The second kappa shape index (κ2) is 7.57. The van der Waals surface area contributed by atoms with Crippen LogP contribution in [0.2, 0.25) is 10.0 Å². The van der Waals surface area contributed by atoms with Crippen LogP contribution >= 0.6 is 23.2 Å². The molecule has 0 radical (unpaired) electrons. The maximum Gasteiger partial charge on any atom is 0.265 e. The number of amides is 1. The molecule has 2 rings (SSSR count). The minimum atomic E-state index is -0.700. The summed E-state index contributed by atoms with van der Waals surface area (Å²) in [5, 5.41) is 3.90. The second-order valence-electron chi connectivity index (χ2n) is 5.01. The highest BCUT2D eigenvalue weighted by atomic mass is 35.5. The molecule has 0 fully saturated rings. The van der Waals surface area contributed by atoms with Gasteiger partial charge in [0.25, 0.3) is 5.91 Å². The largest absolute Gasteiger partial charge is 0.495 e. The number of nitrogens with one attached hydrogen (secondary N) is 1. The van der Waals surface area contributed by atoms with E-state index in [1.54, 1.807) is 43.3 Å². The summed E-state index contributed by atoms with van der Waals surface area (Å²) in [6.07, 6.45) is -0.700. The lowest BCUT2D eigenvalue weighted by atomic mass is 10.2. The van der Waals surface area contributed by atoms with Crippen molar-refractivity contribution < 1.29 is 14.3 Å². The van der Waals surface area contributed by atoms with Crippen molar-refractivity contribution in [2.24, 2.45) is 0 Å². The zero-order valence-electron chi connectivity index (χ0n) is 13.0. The number of hydrogen-bond donors (Lipinski definition) is 1. The lowest BCUT2D eigenvalue weighted by molar-refractivity contribution is -0.122. The van der Waals surface area contributed by atoms with Crippen LogP contribution in [0.15, 0.2) is 36.4 Å². The molecule has 6 heteroatoms. The topological polar surface area (TPSA) is 47.6 Å². The Bertz CT molecular complexity index is 719. The van der Waals surface area contributed by atoms with E-state index in [2.05, 4.69) is 5.32 Å². The number of hydrogen-bond acceptors (Lipinski definition) is 3. The van der Waals surface area contributed by atoms with E-state index in [-0.39, 0.29) is 5.91 Å². The highest BCUT2D eigenvalue weighted by molar-refractivity contribution is 6.31. The van der Waals surface area contributed by atoms with Crippen molar-refractivity contribution in [1.29, 1.82) is 0 Å². The fourth-order valence-corrected chi connectivity index (χ4v) is 2.30. The molecule has 0 heterocycles. The first kappa shape index (κ1) is 17.4.